The second kappa shape index (κ2) is 6.05. The first kappa shape index (κ1) is 8.92. The van der Waals surface area contributed by atoms with Crippen molar-refractivity contribution in [2.75, 3.05) is 6.61 Å². The first-order valence-corrected chi connectivity index (χ1v) is 3.39. The largest absolute Gasteiger partial charge is 0.396 e. The minimum Gasteiger partial charge on any atom is -0.396 e. The number of hydrogen-bond acceptors (Lipinski definition) is 2. The van der Waals surface area contributed by atoms with Gasteiger partial charge in [0.15, 0.2) is 0 Å². The molecule has 2 N–H and O–H groups in total. The maximum absolute atomic E-state index is 8.71. The van der Waals surface area contributed by atoms with Crippen molar-refractivity contribution in [2.45, 2.75) is 32.6 Å². The van der Waals surface area contributed by atoms with Crippen LogP contribution < -0.4 is 0 Å². The highest BCUT2D eigenvalue weighted by molar-refractivity contribution is 4.65. The van der Waals surface area contributed by atoms with Crippen molar-refractivity contribution in [1.82, 2.24) is 0 Å². The lowest BCUT2D eigenvalue weighted by molar-refractivity contribution is 0.269. The van der Waals surface area contributed by atoms with Gasteiger partial charge >= 0.3 is 0 Å². The zero-order chi connectivity index (χ0) is 7.11. The summed E-state index contributed by atoms with van der Waals surface area (Å²) in [5.41, 5.74) is 0. The predicted octanol–water partition coefficient (Wildman–Crippen LogP) is 1.46. The molecule has 0 aliphatic rings. The zero-order valence-electron chi connectivity index (χ0n) is 5.93. The third-order valence-corrected chi connectivity index (χ3v) is 1.20. The van der Waals surface area contributed by atoms with E-state index < -0.39 is 0 Å². The van der Waals surface area contributed by atoms with Gasteiger partial charge in [0.25, 0.3) is 0 Å². The summed E-state index contributed by atoms with van der Waals surface area (Å²) in [4.78, 5) is 0. The molecular weight excluding hydrogens is 116 g/mol. The molecule has 0 bridgehead atoms. The zero-order valence-corrected chi connectivity index (χ0v) is 5.93. The number of unbranched alkanes of at least 4 members (excludes halogenated alkanes) is 2. The highest BCUT2D eigenvalue weighted by Gasteiger charge is 1.94. The van der Waals surface area contributed by atoms with E-state index in [1.165, 1.54) is 0 Å². The lowest BCUT2D eigenvalue weighted by Crippen LogP contribution is -1.89. The lowest BCUT2D eigenvalue weighted by atomic mass is 10.1. The number of aliphatic hydroxyl groups is 2. The normalized spacial score (nSPS) is 10.7. The molecular formula is C7H15O2. The molecule has 2 heteroatoms. The molecule has 0 fully saturated rings. The van der Waals surface area contributed by atoms with E-state index in [0.29, 0.717) is 6.10 Å². The summed E-state index contributed by atoms with van der Waals surface area (Å²) in [6.07, 6.45) is 4.12. The van der Waals surface area contributed by atoms with Gasteiger partial charge < -0.3 is 10.2 Å². The van der Waals surface area contributed by atoms with E-state index in [-0.39, 0.29) is 6.61 Å². The maximum atomic E-state index is 8.71. The van der Waals surface area contributed by atoms with E-state index >= 15 is 0 Å². The predicted molar refractivity (Wildman–Crippen MR) is 36.4 cm³/mol. The Bertz CT molecular complexity index is 52.9. The van der Waals surface area contributed by atoms with Gasteiger partial charge in [0, 0.05) is 6.61 Å². The minimum atomic E-state index is 0.268. The topological polar surface area (TPSA) is 40.5 Å². The number of aliphatic hydroxyl groups excluding tert-OH is 2. The summed E-state index contributed by atoms with van der Waals surface area (Å²) in [7, 11) is 0. The molecule has 9 heavy (non-hydrogen) atoms. The van der Waals surface area contributed by atoms with Crippen LogP contribution in [0.5, 0.6) is 0 Å². The van der Waals surface area contributed by atoms with Crippen molar-refractivity contribution < 1.29 is 10.2 Å². The Morgan fingerprint density at radius 3 is 2.33 bits per heavy atom. The Morgan fingerprint density at radius 1 is 1.22 bits per heavy atom. The molecule has 0 amide bonds. The van der Waals surface area contributed by atoms with Crippen LogP contribution in [0.15, 0.2) is 0 Å². The Morgan fingerprint density at radius 2 is 1.89 bits per heavy atom. The van der Waals surface area contributed by atoms with Crippen molar-refractivity contribution in [2.24, 2.45) is 0 Å². The number of hydrogen-bond donors (Lipinski definition) is 2. The highest BCUT2D eigenvalue weighted by atomic mass is 16.3. The van der Waals surface area contributed by atoms with E-state index in [0.717, 1.165) is 25.7 Å². The van der Waals surface area contributed by atoms with Crippen LogP contribution in [-0.4, -0.2) is 16.8 Å². The van der Waals surface area contributed by atoms with Crippen LogP contribution in [0.4, 0.5) is 0 Å². The van der Waals surface area contributed by atoms with E-state index in [9.17, 15) is 0 Å². The molecule has 1 radical (unpaired) electrons. The molecule has 0 aromatic heterocycles. The van der Waals surface area contributed by atoms with Crippen LogP contribution >= 0.6 is 0 Å². The second-order valence-corrected chi connectivity index (χ2v) is 2.27. The van der Waals surface area contributed by atoms with Gasteiger partial charge in [-0.15, -0.1) is 0 Å². The molecule has 0 aromatic rings. The molecule has 0 aromatic carbocycles. The Balaban J connectivity index is 2.75. The van der Waals surface area contributed by atoms with Crippen molar-refractivity contribution in [3.63, 3.8) is 0 Å². The van der Waals surface area contributed by atoms with Crippen LogP contribution in [0.2, 0.25) is 0 Å². The molecule has 0 atom stereocenters. The van der Waals surface area contributed by atoms with Gasteiger partial charge in [-0.1, -0.05) is 12.8 Å². The molecule has 2 nitrogen and oxygen atoms in total. The van der Waals surface area contributed by atoms with E-state index in [1.54, 1.807) is 6.92 Å². The molecule has 0 rings (SSSR count). The summed E-state index contributed by atoms with van der Waals surface area (Å²) in [5.74, 6) is 0. The smallest absolute Gasteiger partial charge is 0.0902 e. The monoisotopic (exact) mass is 131 g/mol. The molecule has 0 saturated heterocycles. The first-order chi connectivity index (χ1) is 4.27. The SMILES string of the molecule is C[C](O)CCCCCO. The molecule has 0 saturated carbocycles. The van der Waals surface area contributed by atoms with Crippen molar-refractivity contribution in [3.05, 3.63) is 6.10 Å². The highest BCUT2D eigenvalue weighted by Crippen LogP contribution is 2.06. The van der Waals surface area contributed by atoms with E-state index in [4.69, 9.17) is 10.2 Å². The summed E-state index contributed by atoms with van der Waals surface area (Å²) < 4.78 is 0. The fraction of sp³-hybridized carbons (Fsp3) is 0.857. The van der Waals surface area contributed by atoms with Crippen LogP contribution in [0.25, 0.3) is 0 Å². The van der Waals surface area contributed by atoms with Crippen molar-refractivity contribution in [3.8, 4) is 0 Å². The van der Waals surface area contributed by atoms with Crippen LogP contribution in [-0.2, 0) is 0 Å². The summed E-state index contributed by atoms with van der Waals surface area (Å²) >= 11 is 0. The van der Waals surface area contributed by atoms with Crippen molar-refractivity contribution in [1.29, 1.82) is 0 Å². The minimum absolute atomic E-state index is 0.268. The van der Waals surface area contributed by atoms with Crippen LogP contribution in [0, 0.1) is 6.10 Å². The van der Waals surface area contributed by atoms with Gasteiger partial charge in [-0.05, 0) is 19.8 Å². The summed E-state index contributed by atoms with van der Waals surface area (Å²) in [6, 6.07) is 0. The summed E-state index contributed by atoms with van der Waals surface area (Å²) in [6.45, 7) is 1.98. The fourth-order valence-electron chi connectivity index (χ4n) is 0.669. The average molecular weight is 131 g/mol. The molecule has 55 valence electrons. The first-order valence-electron chi connectivity index (χ1n) is 3.39. The molecule has 0 unspecified atom stereocenters. The molecule has 0 spiro atoms. The van der Waals surface area contributed by atoms with E-state index in [1.807, 2.05) is 0 Å². The van der Waals surface area contributed by atoms with Crippen LogP contribution in [0.3, 0.4) is 0 Å². The third-order valence-electron chi connectivity index (χ3n) is 1.20. The third kappa shape index (κ3) is 7.92. The standard InChI is InChI=1S/C7H15O2/c1-7(9)5-3-2-4-6-8/h8-9H,2-6H2,1H3. The molecule has 0 aliphatic heterocycles. The Kier molecular flexibility index (Phi) is 5.99. The Labute approximate surface area is 56.5 Å². The van der Waals surface area contributed by atoms with Crippen molar-refractivity contribution >= 4 is 0 Å². The summed E-state index contributed by atoms with van der Waals surface area (Å²) in [5, 5.41) is 17.1. The van der Waals surface area contributed by atoms with Gasteiger partial charge in [-0.3, -0.25) is 0 Å². The van der Waals surface area contributed by atoms with Gasteiger partial charge in [0.2, 0.25) is 0 Å². The lowest BCUT2D eigenvalue weighted by Gasteiger charge is -2.00. The van der Waals surface area contributed by atoms with E-state index in [2.05, 4.69) is 0 Å². The molecule has 0 aliphatic carbocycles. The van der Waals surface area contributed by atoms with Gasteiger partial charge in [0.1, 0.15) is 0 Å². The second-order valence-electron chi connectivity index (χ2n) is 2.27. The van der Waals surface area contributed by atoms with Gasteiger partial charge in [0.05, 0.1) is 6.10 Å². The Hall–Kier alpha value is -0.0800. The maximum Gasteiger partial charge on any atom is 0.0902 e. The number of rotatable bonds is 5. The van der Waals surface area contributed by atoms with Crippen LogP contribution in [0.1, 0.15) is 32.6 Å². The quantitative estimate of drug-likeness (QED) is 0.554. The molecule has 0 heterocycles. The fourth-order valence-corrected chi connectivity index (χ4v) is 0.669. The average Bonchev–Trinajstić information content (AvgIpc) is 1.80. The van der Waals surface area contributed by atoms with Gasteiger partial charge in [-0.2, -0.15) is 0 Å². The van der Waals surface area contributed by atoms with Gasteiger partial charge in [-0.25, -0.2) is 0 Å².